The molecule has 1 aliphatic heterocycles. The maximum atomic E-state index is 12.4. The van der Waals surface area contributed by atoms with Gasteiger partial charge in [0.1, 0.15) is 0 Å². The number of nitrogens with two attached hydrogens (primary N) is 1. The van der Waals surface area contributed by atoms with Gasteiger partial charge in [0.25, 0.3) is 0 Å². The van der Waals surface area contributed by atoms with Gasteiger partial charge >= 0.3 is 0 Å². The van der Waals surface area contributed by atoms with Gasteiger partial charge in [0.2, 0.25) is 10.0 Å². The molecule has 0 amide bonds. The number of rotatable bonds is 3. The fourth-order valence-corrected chi connectivity index (χ4v) is 4.03. The number of sulfonamides is 1. The van der Waals surface area contributed by atoms with Crippen molar-refractivity contribution < 1.29 is 8.42 Å². The smallest absolute Gasteiger partial charge is 0.219 e. The molecule has 0 bridgehead atoms. The molecule has 4 nitrogen and oxygen atoms in total. The van der Waals surface area contributed by atoms with Crippen LogP contribution in [-0.2, 0) is 15.8 Å². The third-order valence-corrected chi connectivity index (χ3v) is 5.16. The molecule has 1 fully saturated rings. The Kier molecular flexibility index (Phi) is 4.37. The van der Waals surface area contributed by atoms with Crippen LogP contribution in [0.3, 0.4) is 0 Å². The van der Waals surface area contributed by atoms with Gasteiger partial charge in [0.15, 0.2) is 0 Å². The maximum absolute atomic E-state index is 12.4. The second kappa shape index (κ2) is 5.82. The topological polar surface area (TPSA) is 63.4 Å². The van der Waals surface area contributed by atoms with Gasteiger partial charge in [0, 0.05) is 6.54 Å². The molecule has 1 aromatic rings. The Hall–Kier alpha value is -0.910. The molecule has 100 valence electrons. The average molecular weight is 268 g/mol. The molecule has 5 heteroatoms. The molecule has 1 aliphatic rings. The second-order valence-corrected chi connectivity index (χ2v) is 6.69. The summed E-state index contributed by atoms with van der Waals surface area (Å²) in [5.74, 6) is 0.0432. The third-order valence-electron chi connectivity index (χ3n) is 3.30. The van der Waals surface area contributed by atoms with E-state index in [4.69, 9.17) is 5.73 Å². The first-order chi connectivity index (χ1) is 8.59. The van der Waals surface area contributed by atoms with Crippen molar-refractivity contribution in [1.82, 2.24) is 4.31 Å². The Morgan fingerprint density at radius 2 is 1.89 bits per heavy atom. The highest BCUT2D eigenvalue weighted by Crippen LogP contribution is 2.19. The zero-order valence-corrected chi connectivity index (χ0v) is 11.3. The first-order valence-electron chi connectivity index (χ1n) is 6.38. The summed E-state index contributed by atoms with van der Waals surface area (Å²) in [5.41, 5.74) is 6.78. The Labute approximate surface area is 109 Å². The molecule has 0 radical (unpaired) electrons. The van der Waals surface area contributed by atoms with Crippen molar-refractivity contribution in [2.24, 2.45) is 5.73 Å². The summed E-state index contributed by atoms with van der Waals surface area (Å²) in [6.45, 7) is 0.552. The molecule has 2 rings (SSSR count). The van der Waals surface area contributed by atoms with E-state index in [9.17, 15) is 8.42 Å². The Balaban J connectivity index is 2.14. The number of benzene rings is 1. The minimum atomic E-state index is -3.30. The first-order valence-corrected chi connectivity index (χ1v) is 7.99. The van der Waals surface area contributed by atoms with Crippen LogP contribution in [0, 0.1) is 0 Å². The van der Waals surface area contributed by atoms with Gasteiger partial charge < -0.3 is 5.73 Å². The van der Waals surface area contributed by atoms with Gasteiger partial charge in [-0.3, -0.25) is 0 Å². The van der Waals surface area contributed by atoms with Crippen LogP contribution >= 0.6 is 0 Å². The molecule has 0 spiro atoms. The van der Waals surface area contributed by atoms with Crippen molar-refractivity contribution in [2.75, 3.05) is 6.54 Å². The van der Waals surface area contributed by atoms with Crippen molar-refractivity contribution in [1.29, 1.82) is 0 Å². The monoisotopic (exact) mass is 268 g/mol. The summed E-state index contributed by atoms with van der Waals surface area (Å²) in [4.78, 5) is 0. The van der Waals surface area contributed by atoms with Crippen LogP contribution in [0.15, 0.2) is 30.3 Å². The Bertz CT molecular complexity index is 473. The summed E-state index contributed by atoms with van der Waals surface area (Å²) in [5, 5.41) is 0. The predicted molar refractivity (Wildman–Crippen MR) is 72.2 cm³/mol. The van der Waals surface area contributed by atoms with E-state index in [0.29, 0.717) is 6.54 Å². The summed E-state index contributed by atoms with van der Waals surface area (Å²) in [6, 6.07) is 9.26. The predicted octanol–water partition coefficient (Wildman–Crippen LogP) is 1.68. The summed E-state index contributed by atoms with van der Waals surface area (Å²) < 4.78 is 26.2. The van der Waals surface area contributed by atoms with Crippen LogP contribution in [0.25, 0.3) is 0 Å². The number of hydrogen-bond acceptors (Lipinski definition) is 3. The van der Waals surface area contributed by atoms with Gasteiger partial charge in [0.05, 0.1) is 11.9 Å². The highest BCUT2D eigenvalue weighted by atomic mass is 32.2. The van der Waals surface area contributed by atoms with Crippen molar-refractivity contribution in [2.45, 2.75) is 37.6 Å². The van der Waals surface area contributed by atoms with E-state index in [1.165, 1.54) is 4.31 Å². The van der Waals surface area contributed by atoms with Crippen LogP contribution in [0.1, 0.15) is 31.2 Å². The lowest BCUT2D eigenvalue weighted by Gasteiger charge is -2.26. The highest BCUT2D eigenvalue weighted by molar-refractivity contribution is 7.88. The van der Waals surface area contributed by atoms with E-state index >= 15 is 0 Å². The molecule has 1 heterocycles. The molecule has 1 aromatic carbocycles. The van der Waals surface area contributed by atoms with Crippen molar-refractivity contribution in [3.05, 3.63) is 35.9 Å². The molecular formula is C13H20N2O2S. The number of hydrogen-bond donors (Lipinski definition) is 1. The van der Waals surface area contributed by atoms with Crippen molar-refractivity contribution in [3.8, 4) is 0 Å². The second-order valence-electron chi connectivity index (χ2n) is 4.77. The van der Waals surface area contributed by atoms with E-state index in [-0.39, 0.29) is 11.9 Å². The molecule has 0 aliphatic carbocycles. The fourth-order valence-electron chi connectivity index (χ4n) is 2.32. The van der Waals surface area contributed by atoms with E-state index < -0.39 is 10.0 Å². The van der Waals surface area contributed by atoms with Crippen LogP contribution in [0.4, 0.5) is 0 Å². The quantitative estimate of drug-likeness (QED) is 0.907. The van der Waals surface area contributed by atoms with Crippen LogP contribution in [0.5, 0.6) is 0 Å². The maximum Gasteiger partial charge on any atom is 0.219 e. The van der Waals surface area contributed by atoms with Crippen molar-refractivity contribution >= 4 is 10.0 Å². The summed E-state index contributed by atoms with van der Waals surface area (Å²) >= 11 is 0. The van der Waals surface area contributed by atoms with Crippen LogP contribution in [0.2, 0.25) is 0 Å². The molecule has 18 heavy (non-hydrogen) atoms. The molecule has 0 aromatic heterocycles. The SMILES string of the molecule is NC1CCCCCN1S(=O)(=O)Cc1ccccc1. The molecular weight excluding hydrogens is 248 g/mol. The molecule has 1 unspecified atom stereocenters. The van der Waals surface area contributed by atoms with Gasteiger partial charge in [-0.05, 0) is 18.4 Å². The largest absolute Gasteiger partial charge is 0.315 e. The molecule has 0 saturated carbocycles. The van der Waals surface area contributed by atoms with E-state index in [0.717, 1.165) is 31.2 Å². The third kappa shape index (κ3) is 3.31. The van der Waals surface area contributed by atoms with Gasteiger partial charge in [-0.1, -0.05) is 43.2 Å². The normalized spacial score (nSPS) is 22.6. The van der Waals surface area contributed by atoms with Crippen molar-refractivity contribution in [3.63, 3.8) is 0 Å². The summed E-state index contributed by atoms with van der Waals surface area (Å²) in [6.07, 6.45) is 3.38. The van der Waals surface area contributed by atoms with E-state index in [1.54, 1.807) is 0 Å². The minimum absolute atomic E-state index is 0.0432. The van der Waals surface area contributed by atoms with E-state index in [2.05, 4.69) is 0 Å². The molecule has 2 N–H and O–H groups in total. The van der Waals surface area contributed by atoms with E-state index in [1.807, 2.05) is 30.3 Å². The Morgan fingerprint density at radius 3 is 2.61 bits per heavy atom. The zero-order valence-electron chi connectivity index (χ0n) is 10.5. The zero-order chi connectivity index (χ0) is 13.0. The average Bonchev–Trinajstić information content (AvgIpc) is 2.55. The molecule has 1 saturated heterocycles. The lowest BCUT2D eigenvalue weighted by molar-refractivity contribution is 0.329. The standard InChI is InChI=1S/C13H20N2O2S/c14-13-9-5-2-6-10-15(13)18(16,17)11-12-7-3-1-4-8-12/h1,3-4,7-8,13H,2,5-6,9-11,14H2. The Morgan fingerprint density at radius 1 is 1.17 bits per heavy atom. The van der Waals surface area contributed by atoms with Crippen LogP contribution in [-0.4, -0.2) is 25.4 Å². The first kappa shape index (κ1) is 13.5. The molecule has 1 atom stereocenters. The fraction of sp³-hybridized carbons (Fsp3) is 0.538. The van der Waals surface area contributed by atoms with Gasteiger partial charge in [-0.15, -0.1) is 0 Å². The lowest BCUT2D eigenvalue weighted by Crippen LogP contribution is -2.45. The minimum Gasteiger partial charge on any atom is -0.315 e. The summed E-state index contributed by atoms with van der Waals surface area (Å²) in [7, 11) is -3.30. The van der Waals surface area contributed by atoms with Crippen LogP contribution < -0.4 is 5.73 Å². The highest BCUT2D eigenvalue weighted by Gasteiger charge is 2.28. The number of nitrogens with zero attached hydrogens (tertiary/aromatic N) is 1. The lowest BCUT2D eigenvalue weighted by atomic mass is 10.2. The van der Waals surface area contributed by atoms with Gasteiger partial charge in [-0.25, -0.2) is 8.42 Å². The van der Waals surface area contributed by atoms with Gasteiger partial charge in [-0.2, -0.15) is 4.31 Å².